The maximum Gasteiger partial charge on any atom is 0.220 e. The van der Waals surface area contributed by atoms with E-state index in [1.54, 1.807) is 0 Å². The fraction of sp³-hybridized carbons (Fsp3) is 0.979. The molecule has 0 bridgehead atoms. The van der Waals surface area contributed by atoms with E-state index in [4.69, 9.17) is 9.47 Å². The molecular formula is C47H93NO8. The van der Waals surface area contributed by atoms with Gasteiger partial charge in [-0.1, -0.05) is 219 Å². The summed E-state index contributed by atoms with van der Waals surface area (Å²) in [6, 6.07) is -0.708. The highest BCUT2D eigenvalue weighted by Crippen LogP contribution is 2.23. The molecule has 6 N–H and O–H groups in total. The van der Waals surface area contributed by atoms with Gasteiger partial charge in [-0.3, -0.25) is 4.79 Å². The second-order valence-corrected chi connectivity index (χ2v) is 17.3. The lowest BCUT2D eigenvalue weighted by molar-refractivity contribution is -0.302. The average Bonchev–Trinajstić information content (AvgIpc) is 3.20. The molecule has 0 aromatic rings. The predicted octanol–water partition coefficient (Wildman–Crippen LogP) is 10.3. The van der Waals surface area contributed by atoms with Crippen molar-refractivity contribution in [3.05, 3.63) is 0 Å². The van der Waals surface area contributed by atoms with Crippen LogP contribution in [0.1, 0.15) is 239 Å². The SMILES string of the molecule is CCCCCCCCCCCCCCCCCCCCCCCCCCCCCCC(=O)NC(COC1OC(CO)C(O)C(O)C1O)C(O)CCCCCCC. The molecule has 7 unspecified atom stereocenters. The van der Waals surface area contributed by atoms with Crippen LogP contribution in [0.4, 0.5) is 0 Å². The van der Waals surface area contributed by atoms with Gasteiger partial charge in [-0.25, -0.2) is 0 Å². The van der Waals surface area contributed by atoms with Crippen LogP contribution in [0.5, 0.6) is 0 Å². The minimum Gasteiger partial charge on any atom is -0.394 e. The molecule has 1 rings (SSSR count). The summed E-state index contributed by atoms with van der Waals surface area (Å²) < 4.78 is 11.2. The Hall–Kier alpha value is -0.810. The third-order valence-electron chi connectivity index (χ3n) is 12.0. The van der Waals surface area contributed by atoms with E-state index in [-0.39, 0.29) is 12.5 Å². The van der Waals surface area contributed by atoms with Crippen molar-refractivity contribution in [2.45, 2.75) is 281 Å². The van der Waals surface area contributed by atoms with Crippen molar-refractivity contribution in [3.63, 3.8) is 0 Å². The van der Waals surface area contributed by atoms with Crippen molar-refractivity contribution < 1.29 is 39.8 Å². The summed E-state index contributed by atoms with van der Waals surface area (Å²) in [5, 5.41) is 53.9. The molecule has 1 amide bonds. The van der Waals surface area contributed by atoms with E-state index < -0.39 is 49.5 Å². The Morgan fingerprint density at radius 2 is 0.893 bits per heavy atom. The van der Waals surface area contributed by atoms with Gasteiger partial charge in [0.25, 0.3) is 0 Å². The average molecular weight is 800 g/mol. The Bertz CT molecular complexity index is 847. The fourth-order valence-corrected chi connectivity index (χ4v) is 8.04. The van der Waals surface area contributed by atoms with Gasteiger partial charge in [0.15, 0.2) is 6.29 Å². The molecule has 7 atom stereocenters. The second-order valence-electron chi connectivity index (χ2n) is 17.3. The number of nitrogens with one attached hydrogen (secondary N) is 1. The zero-order valence-corrected chi connectivity index (χ0v) is 36.7. The lowest BCUT2D eigenvalue weighted by Crippen LogP contribution is -2.60. The molecular weight excluding hydrogens is 707 g/mol. The van der Waals surface area contributed by atoms with Gasteiger partial charge in [-0.15, -0.1) is 0 Å². The summed E-state index contributed by atoms with van der Waals surface area (Å²) in [4.78, 5) is 12.9. The van der Waals surface area contributed by atoms with Crippen molar-refractivity contribution in [1.82, 2.24) is 5.32 Å². The second kappa shape index (κ2) is 38.4. The molecule has 1 fully saturated rings. The monoisotopic (exact) mass is 800 g/mol. The summed E-state index contributed by atoms with van der Waals surface area (Å²) in [5.41, 5.74) is 0. The maximum atomic E-state index is 12.9. The topological polar surface area (TPSA) is 149 Å². The first-order valence-electron chi connectivity index (χ1n) is 24.2. The smallest absolute Gasteiger partial charge is 0.220 e. The lowest BCUT2D eigenvalue weighted by Gasteiger charge is -2.40. The molecule has 0 aromatic heterocycles. The number of carbonyl (C=O) groups excluding carboxylic acids is 1. The number of aliphatic hydroxyl groups is 5. The fourth-order valence-electron chi connectivity index (χ4n) is 8.04. The molecule has 56 heavy (non-hydrogen) atoms. The maximum absolute atomic E-state index is 12.9. The number of hydrogen-bond acceptors (Lipinski definition) is 8. The van der Waals surface area contributed by atoms with Gasteiger partial charge in [0.1, 0.15) is 24.4 Å². The molecule has 9 nitrogen and oxygen atoms in total. The zero-order valence-electron chi connectivity index (χ0n) is 36.7. The first-order valence-corrected chi connectivity index (χ1v) is 24.2. The molecule has 1 heterocycles. The van der Waals surface area contributed by atoms with Crippen molar-refractivity contribution in [2.75, 3.05) is 13.2 Å². The molecule has 1 saturated heterocycles. The minimum atomic E-state index is -1.55. The van der Waals surface area contributed by atoms with Crippen molar-refractivity contribution in [2.24, 2.45) is 0 Å². The van der Waals surface area contributed by atoms with E-state index in [1.807, 2.05) is 0 Å². The summed E-state index contributed by atoms with van der Waals surface area (Å²) in [6.45, 7) is 3.76. The standard InChI is InChI=1S/C47H93NO8/c1-3-5-7-9-10-11-12-13-14-15-16-17-18-19-20-21-22-23-24-25-26-27-28-29-30-31-33-35-37-43(51)48-40(41(50)36-34-32-8-6-4-2)39-55-47-46(54)45(53)44(52)42(38-49)56-47/h40-42,44-47,49-50,52-54H,3-39H2,1-2H3,(H,48,51). The van der Waals surface area contributed by atoms with Crippen LogP contribution in [-0.4, -0.2) is 87.5 Å². The van der Waals surface area contributed by atoms with Crippen LogP contribution in [0.3, 0.4) is 0 Å². The van der Waals surface area contributed by atoms with Crippen molar-refractivity contribution >= 4 is 5.91 Å². The van der Waals surface area contributed by atoms with Crippen LogP contribution in [-0.2, 0) is 14.3 Å². The van der Waals surface area contributed by atoms with Gasteiger partial charge in [0, 0.05) is 6.42 Å². The Morgan fingerprint density at radius 3 is 1.27 bits per heavy atom. The molecule has 0 aromatic carbocycles. The van der Waals surface area contributed by atoms with E-state index in [9.17, 15) is 30.3 Å². The highest BCUT2D eigenvalue weighted by molar-refractivity contribution is 5.76. The Kier molecular flexibility index (Phi) is 36.5. The van der Waals surface area contributed by atoms with Crippen LogP contribution in [0.25, 0.3) is 0 Å². The summed E-state index contributed by atoms with van der Waals surface area (Å²) in [6.07, 6.45) is 36.2. The van der Waals surface area contributed by atoms with Crippen molar-refractivity contribution in [3.8, 4) is 0 Å². The van der Waals surface area contributed by atoms with Gasteiger partial charge in [-0.2, -0.15) is 0 Å². The van der Waals surface area contributed by atoms with E-state index in [1.165, 1.54) is 161 Å². The number of aliphatic hydroxyl groups excluding tert-OH is 5. The molecule has 334 valence electrons. The molecule has 1 aliphatic heterocycles. The Balaban J connectivity index is 2.03. The number of amides is 1. The van der Waals surface area contributed by atoms with Crippen LogP contribution in [0.15, 0.2) is 0 Å². The first kappa shape index (κ1) is 53.2. The minimum absolute atomic E-state index is 0.135. The Morgan fingerprint density at radius 1 is 0.536 bits per heavy atom. The highest BCUT2D eigenvalue weighted by Gasteiger charge is 2.44. The van der Waals surface area contributed by atoms with Gasteiger partial charge < -0.3 is 40.3 Å². The third kappa shape index (κ3) is 28.6. The first-order chi connectivity index (χ1) is 27.3. The van der Waals surface area contributed by atoms with Crippen LogP contribution < -0.4 is 5.32 Å². The number of rotatable bonds is 41. The quantitative estimate of drug-likeness (QED) is 0.0335. The Labute approximate surface area is 344 Å². The van der Waals surface area contributed by atoms with Gasteiger partial charge in [0.05, 0.1) is 25.4 Å². The van der Waals surface area contributed by atoms with Crippen LogP contribution >= 0.6 is 0 Å². The summed E-state index contributed by atoms with van der Waals surface area (Å²) in [5.74, 6) is -0.146. The third-order valence-corrected chi connectivity index (χ3v) is 12.0. The highest BCUT2D eigenvalue weighted by atomic mass is 16.7. The summed E-state index contributed by atoms with van der Waals surface area (Å²) >= 11 is 0. The van der Waals surface area contributed by atoms with Crippen LogP contribution in [0, 0.1) is 0 Å². The van der Waals surface area contributed by atoms with Gasteiger partial charge >= 0.3 is 0 Å². The number of ether oxygens (including phenoxy) is 2. The van der Waals surface area contributed by atoms with E-state index in [0.717, 1.165) is 51.4 Å². The van der Waals surface area contributed by atoms with E-state index in [2.05, 4.69) is 19.2 Å². The molecule has 0 aliphatic carbocycles. The van der Waals surface area contributed by atoms with Gasteiger partial charge in [-0.05, 0) is 12.8 Å². The molecule has 0 spiro atoms. The van der Waals surface area contributed by atoms with Gasteiger partial charge in [0.2, 0.25) is 5.91 Å². The number of hydrogen-bond donors (Lipinski definition) is 6. The predicted molar refractivity (Wildman–Crippen MR) is 231 cm³/mol. The number of unbranched alkanes of at least 4 members (excludes halogenated alkanes) is 31. The lowest BCUT2D eigenvalue weighted by atomic mass is 9.99. The van der Waals surface area contributed by atoms with E-state index >= 15 is 0 Å². The van der Waals surface area contributed by atoms with Crippen LogP contribution in [0.2, 0.25) is 0 Å². The molecule has 9 heteroatoms. The van der Waals surface area contributed by atoms with Crippen molar-refractivity contribution in [1.29, 1.82) is 0 Å². The number of carbonyl (C=O) groups is 1. The normalized spacial score (nSPS) is 21.0. The zero-order chi connectivity index (χ0) is 40.9. The molecule has 1 aliphatic rings. The summed E-state index contributed by atoms with van der Waals surface area (Å²) in [7, 11) is 0. The molecule has 0 radical (unpaired) electrons. The molecule has 0 saturated carbocycles. The largest absolute Gasteiger partial charge is 0.394 e. The van der Waals surface area contributed by atoms with E-state index in [0.29, 0.717) is 12.8 Å².